The van der Waals surface area contributed by atoms with Gasteiger partial charge < -0.3 is 14.8 Å². The molecule has 1 amide bonds. The van der Waals surface area contributed by atoms with Crippen molar-refractivity contribution in [3.63, 3.8) is 0 Å². The lowest BCUT2D eigenvalue weighted by Gasteiger charge is -2.19. The fraction of sp³-hybridized carbons (Fsp3) is 0.217. The van der Waals surface area contributed by atoms with Crippen LogP contribution in [0.3, 0.4) is 0 Å². The third kappa shape index (κ3) is 5.68. The maximum Gasteiger partial charge on any atom is 0.307 e. The topological polar surface area (TPSA) is 64.6 Å². The standard InChI is InChI=1S/C23H23NO4S/c1-16-10-12-20(27-2)19(15-16)24-23(26)22(17-7-4-3-5-8-17)28-21(25)13-11-18-9-6-14-29-18/h3-10,12,14-15,22H,11,13H2,1-2H3,(H,24,26)/t22-/m1/s1. The molecule has 1 atom stereocenters. The minimum absolute atomic E-state index is 0.213. The van der Waals surface area contributed by atoms with E-state index in [0.29, 0.717) is 23.4 Å². The first-order valence-corrected chi connectivity index (χ1v) is 10.2. The van der Waals surface area contributed by atoms with Crippen molar-refractivity contribution in [2.45, 2.75) is 25.9 Å². The molecule has 3 aromatic rings. The van der Waals surface area contributed by atoms with Gasteiger partial charge in [-0.05, 0) is 42.5 Å². The molecule has 29 heavy (non-hydrogen) atoms. The summed E-state index contributed by atoms with van der Waals surface area (Å²) in [5.41, 5.74) is 2.12. The Kier molecular flexibility index (Phi) is 7.03. The zero-order valence-corrected chi connectivity index (χ0v) is 17.2. The summed E-state index contributed by atoms with van der Waals surface area (Å²) < 4.78 is 10.9. The fourth-order valence-corrected chi connectivity index (χ4v) is 3.60. The normalized spacial score (nSPS) is 11.5. The molecule has 0 saturated heterocycles. The Hall–Kier alpha value is -3.12. The van der Waals surface area contributed by atoms with Crippen molar-refractivity contribution in [1.29, 1.82) is 0 Å². The van der Waals surface area contributed by atoms with Gasteiger partial charge in [-0.1, -0.05) is 42.5 Å². The summed E-state index contributed by atoms with van der Waals surface area (Å²) in [4.78, 5) is 26.6. The molecule has 0 saturated carbocycles. The van der Waals surface area contributed by atoms with Gasteiger partial charge in [0.25, 0.3) is 5.91 Å². The predicted octanol–water partition coefficient (Wildman–Crippen LogP) is 4.92. The molecular formula is C23H23NO4S. The number of thiophene rings is 1. The molecule has 0 radical (unpaired) electrons. The van der Waals surface area contributed by atoms with Crippen LogP contribution in [-0.2, 0) is 20.7 Å². The molecular weight excluding hydrogens is 386 g/mol. The van der Waals surface area contributed by atoms with Gasteiger partial charge in [0, 0.05) is 10.4 Å². The molecule has 0 unspecified atom stereocenters. The van der Waals surface area contributed by atoms with E-state index in [0.717, 1.165) is 10.4 Å². The lowest BCUT2D eigenvalue weighted by atomic mass is 10.1. The van der Waals surface area contributed by atoms with E-state index in [1.165, 1.54) is 0 Å². The number of hydrogen-bond donors (Lipinski definition) is 1. The molecule has 0 bridgehead atoms. The third-order valence-electron chi connectivity index (χ3n) is 4.36. The summed E-state index contributed by atoms with van der Waals surface area (Å²) in [6.07, 6.45) is -0.242. The largest absolute Gasteiger partial charge is 0.495 e. The highest BCUT2D eigenvalue weighted by molar-refractivity contribution is 7.09. The Labute approximate surface area is 174 Å². The number of ether oxygens (including phenoxy) is 2. The van der Waals surface area contributed by atoms with Gasteiger partial charge in [-0.25, -0.2) is 0 Å². The van der Waals surface area contributed by atoms with Crippen LogP contribution in [0, 0.1) is 6.92 Å². The Bertz CT molecular complexity index is 954. The van der Waals surface area contributed by atoms with Gasteiger partial charge in [0.05, 0.1) is 19.2 Å². The summed E-state index contributed by atoms with van der Waals surface area (Å²) in [5.74, 6) is -0.303. The monoisotopic (exact) mass is 409 g/mol. The van der Waals surface area contributed by atoms with E-state index in [2.05, 4.69) is 5.32 Å². The van der Waals surface area contributed by atoms with E-state index < -0.39 is 18.0 Å². The van der Waals surface area contributed by atoms with Crippen LogP contribution in [0.4, 0.5) is 5.69 Å². The lowest BCUT2D eigenvalue weighted by molar-refractivity contribution is -0.154. The van der Waals surface area contributed by atoms with E-state index in [1.54, 1.807) is 36.6 Å². The molecule has 1 heterocycles. The first kappa shape index (κ1) is 20.6. The van der Waals surface area contributed by atoms with Crippen LogP contribution in [0.1, 0.15) is 28.5 Å². The van der Waals surface area contributed by atoms with Crippen LogP contribution >= 0.6 is 11.3 Å². The van der Waals surface area contributed by atoms with Gasteiger partial charge in [-0.15, -0.1) is 11.3 Å². The van der Waals surface area contributed by atoms with E-state index in [-0.39, 0.29) is 6.42 Å². The number of methoxy groups -OCH3 is 1. The van der Waals surface area contributed by atoms with Crippen LogP contribution < -0.4 is 10.1 Å². The molecule has 1 aromatic heterocycles. The summed E-state index contributed by atoms with van der Waals surface area (Å²) in [6.45, 7) is 1.92. The average molecular weight is 410 g/mol. The lowest BCUT2D eigenvalue weighted by Crippen LogP contribution is -2.26. The molecule has 3 rings (SSSR count). The Balaban J connectivity index is 1.75. The molecule has 1 N–H and O–H groups in total. The van der Waals surface area contributed by atoms with Crippen molar-refractivity contribution in [2.75, 3.05) is 12.4 Å². The number of hydrogen-bond acceptors (Lipinski definition) is 5. The number of rotatable bonds is 8. The molecule has 2 aromatic carbocycles. The molecule has 0 aliphatic carbocycles. The Morgan fingerprint density at radius 3 is 2.55 bits per heavy atom. The van der Waals surface area contributed by atoms with E-state index in [9.17, 15) is 9.59 Å². The maximum atomic E-state index is 13.0. The zero-order chi connectivity index (χ0) is 20.6. The smallest absolute Gasteiger partial charge is 0.307 e. The Morgan fingerprint density at radius 1 is 1.07 bits per heavy atom. The average Bonchev–Trinajstić information content (AvgIpc) is 3.25. The van der Waals surface area contributed by atoms with Crippen molar-refractivity contribution in [1.82, 2.24) is 0 Å². The van der Waals surface area contributed by atoms with Gasteiger partial charge in [0.1, 0.15) is 5.75 Å². The summed E-state index contributed by atoms with van der Waals surface area (Å²) >= 11 is 1.59. The minimum Gasteiger partial charge on any atom is -0.495 e. The number of benzene rings is 2. The quantitative estimate of drug-likeness (QED) is 0.536. The molecule has 0 spiro atoms. The molecule has 150 valence electrons. The third-order valence-corrected chi connectivity index (χ3v) is 5.29. The first-order chi connectivity index (χ1) is 14.1. The second-order valence-electron chi connectivity index (χ2n) is 6.55. The molecule has 0 aliphatic rings. The van der Waals surface area contributed by atoms with Gasteiger partial charge >= 0.3 is 5.97 Å². The van der Waals surface area contributed by atoms with Crippen LogP contribution in [0.2, 0.25) is 0 Å². The minimum atomic E-state index is -1.04. The van der Waals surface area contributed by atoms with Crippen molar-refractivity contribution in [2.24, 2.45) is 0 Å². The highest BCUT2D eigenvalue weighted by Crippen LogP contribution is 2.28. The van der Waals surface area contributed by atoms with E-state index in [4.69, 9.17) is 9.47 Å². The van der Waals surface area contributed by atoms with Crippen molar-refractivity contribution < 1.29 is 19.1 Å². The van der Waals surface area contributed by atoms with Crippen LogP contribution in [-0.4, -0.2) is 19.0 Å². The zero-order valence-electron chi connectivity index (χ0n) is 16.4. The van der Waals surface area contributed by atoms with E-state index >= 15 is 0 Å². The van der Waals surface area contributed by atoms with E-state index in [1.807, 2.05) is 54.8 Å². The van der Waals surface area contributed by atoms with Gasteiger partial charge in [0.15, 0.2) is 0 Å². The molecule has 6 heteroatoms. The van der Waals surface area contributed by atoms with Crippen LogP contribution in [0.5, 0.6) is 5.75 Å². The number of anilines is 1. The van der Waals surface area contributed by atoms with Crippen molar-refractivity contribution in [3.8, 4) is 5.75 Å². The highest BCUT2D eigenvalue weighted by Gasteiger charge is 2.26. The number of nitrogens with one attached hydrogen (secondary N) is 1. The highest BCUT2D eigenvalue weighted by atomic mass is 32.1. The van der Waals surface area contributed by atoms with Gasteiger partial charge in [0.2, 0.25) is 6.10 Å². The van der Waals surface area contributed by atoms with Crippen LogP contribution in [0.15, 0.2) is 66.0 Å². The first-order valence-electron chi connectivity index (χ1n) is 9.29. The number of carbonyl (C=O) groups excluding carboxylic acids is 2. The molecule has 5 nitrogen and oxygen atoms in total. The van der Waals surface area contributed by atoms with Crippen molar-refractivity contribution >= 4 is 28.9 Å². The van der Waals surface area contributed by atoms with Gasteiger partial charge in [-0.2, -0.15) is 0 Å². The van der Waals surface area contributed by atoms with Crippen molar-refractivity contribution in [3.05, 3.63) is 82.0 Å². The summed E-state index contributed by atoms with van der Waals surface area (Å²) in [7, 11) is 1.54. The molecule has 0 aliphatic heterocycles. The SMILES string of the molecule is COc1ccc(C)cc1NC(=O)[C@H](OC(=O)CCc1cccs1)c1ccccc1. The van der Waals surface area contributed by atoms with Crippen LogP contribution in [0.25, 0.3) is 0 Å². The number of carbonyl (C=O) groups is 2. The predicted molar refractivity (Wildman–Crippen MR) is 114 cm³/mol. The second kappa shape index (κ2) is 9.89. The molecule has 0 fully saturated rings. The maximum absolute atomic E-state index is 13.0. The summed E-state index contributed by atoms with van der Waals surface area (Å²) in [5, 5.41) is 4.81. The fourth-order valence-electron chi connectivity index (χ4n) is 2.89. The number of esters is 1. The number of amides is 1. The summed E-state index contributed by atoms with van der Waals surface area (Å²) in [6, 6.07) is 18.4. The van der Waals surface area contributed by atoms with Gasteiger partial charge in [-0.3, -0.25) is 9.59 Å². The Morgan fingerprint density at radius 2 is 1.86 bits per heavy atom. The number of aryl methyl sites for hydroxylation is 2. The second-order valence-corrected chi connectivity index (χ2v) is 7.59.